The molecule has 3 saturated heterocycles. The molecule has 0 aliphatic carbocycles. The molecule has 3 aliphatic heterocycles. The number of nitrogens with one attached hydrogen (secondary N) is 2. The first kappa shape index (κ1) is 39.3. The molecule has 21 heteroatoms. The Bertz CT molecular complexity index is 1070. The lowest BCUT2D eigenvalue weighted by molar-refractivity contribution is -0.380. The van der Waals surface area contributed by atoms with E-state index < -0.39 is 135 Å². The van der Waals surface area contributed by atoms with Gasteiger partial charge in [0.05, 0.1) is 32.0 Å². The molecule has 0 aromatic rings. The fraction of sp³-hybridized carbons (Fsp3) is 0.885. The molecule has 3 fully saturated rings. The summed E-state index contributed by atoms with van der Waals surface area (Å²) in [5, 5.41) is 110. The van der Waals surface area contributed by atoms with E-state index in [1.54, 1.807) is 0 Å². The van der Waals surface area contributed by atoms with Crippen molar-refractivity contribution >= 4 is 17.8 Å². The maximum Gasteiger partial charge on any atom is 0.364 e. The number of methoxy groups -OCH3 is 1. The van der Waals surface area contributed by atoms with Crippen LogP contribution in [0.1, 0.15) is 20.3 Å². The van der Waals surface area contributed by atoms with Crippen LogP contribution in [0, 0.1) is 0 Å². The van der Waals surface area contributed by atoms with Crippen molar-refractivity contribution in [3.63, 3.8) is 0 Å². The number of ether oxygens (including phenoxy) is 6. The number of aliphatic hydroxyl groups excluding tert-OH is 9. The number of carbonyl (C=O) groups excluding carboxylic acids is 2. The van der Waals surface area contributed by atoms with Crippen LogP contribution in [0.4, 0.5) is 0 Å². The number of aliphatic hydroxyl groups is 9. The first-order chi connectivity index (χ1) is 22.0. The number of carboxylic acids is 1. The number of rotatable bonds is 13. The first-order valence-electron chi connectivity index (χ1n) is 14.6. The van der Waals surface area contributed by atoms with Gasteiger partial charge in [-0.25, -0.2) is 4.79 Å². The zero-order chi connectivity index (χ0) is 35.4. The summed E-state index contributed by atoms with van der Waals surface area (Å²) in [5.41, 5.74) is 0. The van der Waals surface area contributed by atoms with Crippen LogP contribution in [0.25, 0.3) is 0 Å². The van der Waals surface area contributed by atoms with Gasteiger partial charge in [0.15, 0.2) is 12.6 Å². The van der Waals surface area contributed by atoms with Crippen molar-refractivity contribution in [2.75, 3.05) is 26.9 Å². The van der Waals surface area contributed by atoms with E-state index in [1.807, 2.05) is 0 Å². The third-order valence-electron chi connectivity index (χ3n) is 8.02. The monoisotopic (exact) mass is 688 g/mol. The van der Waals surface area contributed by atoms with Crippen molar-refractivity contribution < 1.29 is 93.9 Å². The van der Waals surface area contributed by atoms with Gasteiger partial charge in [0.1, 0.15) is 67.1 Å². The second-order valence-corrected chi connectivity index (χ2v) is 11.5. The smallest absolute Gasteiger partial charge is 0.364 e. The van der Waals surface area contributed by atoms with Crippen molar-refractivity contribution in [2.24, 2.45) is 0 Å². The molecule has 0 bridgehead atoms. The predicted octanol–water partition coefficient (Wildman–Crippen LogP) is -7.43. The second-order valence-electron chi connectivity index (χ2n) is 11.5. The Hall–Kier alpha value is -2.19. The van der Waals surface area contributed by atoms with Crippen LogP contribution in [-0.4, -0.2) is 193 Å². The Balaban J connectivity index is 1.98. The first-order valence-corrected chi connectivity index (χ1v) is 14.6. The Morgan fingerprint density at radius 2 is 1.49 bits per heavy atom. The van der Waals surface area contributed by atoms with E-state index in [4.69, 9.17) is 28.4 Å². The van der Waals surface area contributed by atoms with Gasteiger partial charge < -0.3 is 90.1 Å². The molecule has 0 spiro atoms. The second kappa shape index (κ2) is 16.5. The molecular formula is C26H44N2O19. The molecule has 3 heterocycles. The lowest BCUT2D eigenvalue weighted by atomic mass is 9.88. The zero-order valence-electron chi connectivity index (χ0n) is 25.6. The highest BCUT2D eigenvalue weighted by molar-refractivity contribution is 5.76. The number of amides is 2. The molecule has 12 N–H and O–H groups in total. The zero-order valence-corrected chi connectivity index (χ0v) is 25.6. The van der Waals surface area contributed by atoms with E-state index in [1.165, 1.54) is 7.11 Å². The van der Waals surface area contributed by atoms with Crippen molar-refractivity contribution in [1.29, 1.82) is 0 Å². The summed E-state index contributed by atoms with van der Waals surface area (Å²) >= 11 is 0. The number of hydrogen-bond acceptors (Lipinski definition) is 18. The average molecular weight is 689 g/mol. The van der Waals surface area contributed by atoms with Crippen LogP contribution >= 0.6 is 0 Å². The standard InChI is InChI=1S/C26H44N2O19/c1-8(31)27-14-10(33)4-26(25(40)41,46-21(14)16(35)11(34)5-29)47-22-17(36)12(6-30)44-24(19(22)38)45-20-15(28-9(2)32)23(39)43-13(7-42-3)18(20)37/h10-24,29-30,33-39H,4-7H2,1-3H3,(H,27,31)(H,28,32)(H,40,41)/t10-,11+,12+,13+,14+,15+,16+,17-,18+,19+,20+,21+,22-,23+,24-,26-/m0/s1. The minimum atomic E-state index is -3.03. The Kier molecular flexibility index (Phi) is 13.8. The van der Waals surface area contributed by atoms with E-state index >= 15 is 0 Å². The van der Waals surface area contributed by atoms with Gasteiger partial charge in [-0.1, -0.05) is 0 Å². The van der Waals surface area contributed by atoms with Crippen LogP contribution in [0.2, 0.25) is 0 Å². The third-order valence-corrected chi connectivity index (χ3v) is 8.02. The van der Waals surface area contributed by atoms with Gasteiger partial charge in [-0.15, -0.1) is 0 Å². The van der Waals surface area contributed by atoms with E-state index in [0.717, 1.165) is 13.8 Å². The van der Waals surface area contributed by atoms with Crippen LogP contribution in [0.5, 0.6) is 0 Å². The Morgan fingerprint density at radius 1 is 0.894 bits per heavy atom. The van der Waals surface area contributed by atoms with Crippen molar-refractivity contribution in [1.82, 2.24) is 10.6 Å². The largest absolute Gasteiger partial charge is 0.477 e. The normalized spacial score (nSPS) is 42.3. The van der Waals surface area contributed by atoms with Gasteiger partial charge in [-0.3, -0.25) is 9.59 Å². The highest BCUT2D eigenvalue weighted by Crippen LogP contribution is 2.38. The van der Waals surface area contributed by atoms with E-state index in [-0.39, 0.29) is 6.61 Å². The lowest BCUT2D eigenvalue weighted by Crippen LogP contribution is -2.71. The highest BCUT2D eigenvalue weighted by atomic mass is 16.8. The van der Waals surface area contributed by atoms with Crippen LogP contribution in [0.15, 0.2) is 0 Å². The number of aliphatic carboxylic acids is 1. The molecule has 272 valence electrons. The average Bonchev–Trinajstić information content (AvgIpc) is 3.00. The van der Waals surface area contributed by atoms with Gasteiger partial charge in [0, 0.05) is 27.4 Å². The topological polar surface area (TPSA) is 333 Å². The third kappa shape index (κ3) is 8.70. The molecule has 0 unspecified atom stereocenters. The van der Waals surface area contributed by atoms with Crippen LogP contribution in [-0.2, 0) is 42.8 Å². The summed E-state index contributed by atoms with van der Waals surface area (Å²) in [5.74, 6) is -6.42. The molecule has 3 aliphatic rings. The highest BCUT2D eigenvalue weighted by Gasteiger charge is 2.60. The Morgan fingerprint density at radius 3 is 2.02 bits per heavy atom. The molecule has 16 atom stereocenters. The summed E-state index contributed by atoms with van der Waals surface area (Å²) in [6.45, 7) is -0.139. The molecular weight excluding hydrogens is 644 g/mol. The molecule has 0 radical (unpaired) electrons. The fourth-order valence-corrected chi connectivity index (χ4v) is 5.71. The van der Waals surface area contributed by atoms with Crippen molar-refractivity contribution in [2.45, 2.75) is 118 Å². The van der Waals surface area contributed by atoms with Gasteiger partial charge in [-0.05, 0) is 0 Å². The summed E-state index contributed by atoms with van der Waals surface area (Å²) in [4.78, 5) is 36.3. The minimum Gasteiger partial charge on any atom is -0.477 e. The molecule has 0 saturated carbocycles. The molecule has 21 nitrogen and oxygen atoms in total. The van der Waals surface area contributed by atoms with Gasteiger partial charge in [0.25, 0.3) is 5.79 Å². The summed E-state index contributed by atoms with van der Waals surface area (Å²) < 4.78 is 32.7. The van der Waals surface area contributed by atoms with Crippen LogP contribution < -0.4 is 10.6 Å². The van der Waals surface area contributed by atoms with Gasteiger partial charge >= 0.3 is 5.97 Å². The minimum absolute atomic E-state index is 0.263. The van der Waals surface area contributed by atoms with E-state index in [9.17, 15) is 65.4 Å². The number of hydrogen-bond donors (Lipinski definition) is 12. The van der Waals surface area contributed by atoms with Crippen molar-refractivity contribution in [3.05, 3.63) is 0 Å². The molecule has 47 heavy (non-hydrogen) atoms. The maximum absolute atomic E-state index is 12.7. The number of carboxylic acid groups (broad SMARTS) is 1. The summed E-state index contributed by atoms with van der Waals surface area (Å²) in [6, 6.07) is -3.02. The van der Waals surface area contributed by atoms with Crippen molar-refractivity contribution in [3.8, 4) is 0 Å². The SMILES string of the molecule is COC[C@H]1O[C@@H](O)[C@H](NC(C)=O)[C@@H](O[C@@H]2O[C@H](CO)[C@H](O)[C@H](O[C@]3(C(=O)O)C[C@H](O)[C@@H](NC(C)=O)[C@H]([C@H](O)[C@H](O)CO)O3)[C@H]2O)[C@@H]1O. The van der Waals surface area contributed by atoms with E-state index in [0.29, 0.717) is 0 Å². The fourth-order valence-electron chi connectivity index (χ4n) is 5.71. The predicted molar refractivity (Wildman–Crippen MR) is 146 cm³/mol. The molecule has 3 rings (SSSR count). The number of carbonyl (C=O) groups is 3. The van der Waals surface area contributed by atoms with Gasteiger partial charge in [0.2, 0.25) is 11.8 Å². The summed E-state index contributed by atoms with van der Waals surface area (Å²) in [7, 11) is 1.27. The lowest BCUT2D eigenvalue weighted by Gasteiger charge is -2.50. The molecule has 0 aromatic heterocycles. The van der Waals surface area contributed by atoms with Gasteiger partial charge in [-0.2, -0.15) is 0 Å². The summed E-state index contributed by atoms with van der Waals surface area (Å²) in [6.07, 6.45) is -25.1. The maximum atomic E-state index is 12.7. The Labute approximate surface area is 267 Å². The van der Waals surface area contributed by atoms with E-state index in [2.05, 4.69) is 10.6 Å². The molecule has 0 aromatic carbocycles. The quantitative estimate of drug-likeness (QED) is 0.0854. The van der Waals surface area contributed by atoms with Crippen LogP contribution in [0.3, 0.4) is 0 Å². The molecule has 2 amide bonds.